The van der Waals surface area contributed by atoms with Gasteiger partial charge in [-0.2, -0.15) is 0 Å². The number of carboxylic acids is 1. The Morgan fingerprint density at radius 3 is 2.81 bits per heavy atom. The van der Waals surface area contributed by atoms with E-state index in [1.807, 2.05) is 6.92 Å². The lowest BCUT2D eigenvalue weighted by molar-refractivity contribution is -0.144. The van der Waals surface area contributed by atoms with Gasteiger partial charge in [0, 0.05) is 10.6 Å². The first-order valence-electron chi connectivity index (χ1n) is 7.89. The number of thioether (sulfide) groups is 1. The highest BCUT2D eigenvalue weighted by Crippen LogP contribution is 2.43. The normalized spacial score (nSPS) is 20.0. The first-order valence-corrected chi connectivity index (χ1v) is 8.87. The molecule has 1 unspecified atom stereocenters. The van der Waals surface area contributed by atoms with Gasteiger partial charge in [-0.25, -0.2) is 0 Å². The monoisotopic (exact) mass is 305 g/mol. The Balaban J connectivity index is 1.73. The van der Waals surface area contributed by atoms with Crippen LogP contribution in [-0.4, -0.2) is 28.9 Å². The van der Waals surface area contributed by atoms with Gasteiger partial charge in [-0.3, -0.25) is 4.79 Å². The predicted molar refractivity (Wildman–Crippen MR) is 86.0 cm³/mol. The second-order valence-electron chi connectivity index (χ2n) is 6.15. The van der Waals surface area contributed by atoms with Crippen molar-refractivity contribution in [2.45, 2.75) is 49.5 Å². The van der Waals surface area contributed by atoms with Crippen molar-refractivity contribution < 1.29 is 9.90 Å². The Hall–Kier alpha value is -1.00. The minimum Gasteiger partial charge on any atom is -0.480 e. The molecule has 0 radical (unpaired) electrons. The Bertz CT molecular complexity index is 542. The largest absolute Gasteiger partial charge is 0.480 e. The van der Waals surface area contributed by atoms with Crippen molar-refractivity contribution in [3.05, 3.63) is 29.3 Å². The van der Waals surface area contributed by atoms with Gasteiger partial charge in [-0.15, -0.1) is 11.8 Å². The number of benzene rings is 1. The van der Waals surface area contributed by atoms with Gasteiger partial charge in [0.05, 0.1) is 0 Å². The van der Waals surface area contributed by atoms with Crippen molar-refractivity contribution in [2.75, 3.05) is 12.3 Å². The van der Waals surface area contributed by atoms with Crippen LogP contribution in [0.5, 0.6) is 0 Å². The van der Waals surface area contributed by atoms with Gasteiger partial charge in [-0.1, -0.05) is 13.0 Å². The van der Waals surface area contributed by atoms with Gasteiger partial charge in [0.2, 0.25) is 0 Å². The van der Waals surface area contributed by atoms with Crippen molar-refractivity contribution in [1.82, 2.24) is 5.32 Å². The third kappa shape index (κ3) is 2.97. The zero-order valence-corrected chi connectivity index (χ0v) is 13.3. The smallest absolute Gasteiger partial charge is 0.325 e. The van der Waals surface area contributed by atoms with Crippen molar-refractivity contribution in [2.24, 2.45) is 5.92 Å². The molecule has 0 aromatic heterocycles. The number of aryl methyl sites for hydroxylation is 2. The maximum Gasteiger partial charge on any atom is 0.325 e. The summed E-state index contributed by atoms with van der Waals surface area (Å²) in [7, 11) is 0. The Kier molecular flexibility index (Phi) is 4.27. The van der Waals surface area contributed by atoms with Gasteiger partial charge in [0.1, 0.15) is 5.54 Å². The fourth-order valence-electron chi connectivity index (χ4n) is 3.35. The van der Waals surface area contributed by atoms with Crippen LogP contribution in [0.1, 0.15) is 37.3 Å². The molecule has 3 rings (SSSR count). The molecule has 3 nitrogen and oxygen atoms in total. The van der Waals surface area contributed by atoms with Crippen LogP contribution in [0.4, 0.5) is 0 Å². The molecule has 114 valence electrons. The summed E-state index contributed by atoms with van der Waals surface area (Å²) in [4.78, 5) is 13.0. The Morgan fingerprint density at radius 1 is 1.38 bits per heavy atom. The average molecular weight is 305 g/mol. The number of nitrogens with one attached hydrogen (secondary N) is 1. The second kappa shape index (κ2) is 6.01. The van der Waals surface area contributed by atoms with Crippen LogP contribution in [0.15, 0.2) is 23.1 Å². The molecule has 0 saturated heterocycles. The van der Waals surface area contributed by atoms with E-state index in [4.69, 9.17) is 0 Å². The van der Waals surface area contributed by atoms with Crippen LogP contribution in [-0.2, 0) is 17.6 Å². The summed E-state index contributed by atoms with van der Waals surface area (Å²) >= 11 is 1.69. The molecule has 1 aromatic rings. The van der Waals surface area contributed by atoms with E-state index in [0.717, 1.165) is 12.8 Å². The highest BCUT2D eigenvalue weighted by Gasteiger charge is 2.50. The topological polar surface area (TPSA) is 49.3 Å². The maximum atomic E-state index is 11.8. The summed E-state index contributed by atoms with van der Waals surface area (Å²) in [5.41, 5.74) is 2.17. The van der Waals surface area contributed by atoms with Gasteiger partial charge in [0.25, 0.3) is 0 Å². The molecule has 0 aliphatic heterocycles. The third-order valence-corrected chi connectivity index (χ3v) is 5.87. The van der Waals surface area contributed by atoms with E-state index >= 15 is 0 Å². The van der Waals surface area contributed by atoms with Crippen LogP contribution in [0.25, 0.3) is 0 Å². The summed E-state index contributed by atoms with van der Waals surface area (Å²) in [5, 5.41) is 13.0. The van der Waals surface area contributed by atoms with E-state index < -0.39 is 11.5 Å². The zero-order valence-electron chi connectivity index (χ0n) is 12.5. The van der Waals surface area contributed by atoms with E-state index in [0.29, 0.717) is 12.3 Å². The zero-order chi connectivity index (χ0) is 14.9. The van der Waals surface area contributed by atoms with E-state index in [-0.39, 0.29) is 5.92 Å². The Morgan fingerprint density at radius 2 is 2.14 bits per heavy atom. The summed E-state index contributed by atoms with van der Waals surface area (Å²) in [6, 6.07) is 6.64. The van der Waals surface area contributed by atoms with E-state index in [1.165, 1.54) is 35.3 Å². The molecule has 1 fully saturated rings. The highest BCUT2D eigenvalue weighted by atomic mass is 32.2. The summed E-state index contributed by atoms with van der Waals surface area (Å²) in [5.74, 6) is 0.206. The first kappa shape index (κ1) is 14.9. The van der Waals surface area contributed by atoms with Crippen LogP contribution >= 0.6 is 11.8 Å². The molecule has 21 heavy (non-hydrogen) atoms. The van der Waals surface area contributed by atoms with Gasteiger partial charge >= 0.3 is 5.97 Å². The maximum absolute atomic E-state index is 11.8. The standard InChI is InChI=1S/C17H23NO2S/c1-2-18-17(16(19)20,14-7-8-14)11-21-15-9-6-12-4-3-5-13(12)10-15/h6,9-10,14,18H,2-5,7-8,11H2,1H3,(H,19,20). The molecule has 1 atom stereocenters. The fraction of sp³-hybridized carbons (Fsp3) is 0.588. The molecule has 0 amide bonds. The molecule has 2 aliphatic rings. The summed E-state index contributed by atoms with van der Waals surface area (Å²) in [6.07, 6.45) is 5.68. The predicted octanol–water partition coefficient (Wildman–Crippen LogP) is 3.11. The van der Waals surface area contributed by atoms with Crippen molar-refractivity contribution in [3.63, 3.8) is 0 Å². The third-order valence-electron chi connectivity index (χ3n) is 4.68. The lowest BCUT2D eigenvalue weighted by Crippen LogP contribution is -2.56. The van der Waals surface area contributed by atoms with Crippen molar-refractivity contribution >= 4 is 17.7 Å². The van der Waals surface area contributed by atoms with Gasteiger partial charge in [-0.05, 0) is 67.8 Å². The molecule has 4 heteroatoms. The number of aliphatic carboxylic acids is 1. The van der Waals surface area contributed by atoms with Crippen molar-refractivity contribution in [3.8, 4) is 0 Å². The minimum atomic E-state index is -0.752. The number of hydrogen-bond acceptors (Lipinski definition) is 3. The molecule has 2 N–H and O–H groups in total. The molecule has 0 spiro atoms. The van der Waals surface area contributed by atoms with Crippen LogP contribution in [0, 0.1) is 5.92 Å². The van der Waals surface area contributed by atoms with Crippen molar-refractivity contribution in [1.29, 1.82) is 0 Å². The van der Waals surface area contributed by atoms with Crippen LogP contribution in [0.2, 0.25) is 0 Å². The SMILES string of the molecule is CCNC(CSc1ccc2c(c1)CCC2)(C(=O)O)C1CC1. The lowest BCUT2D eigenvalue weighted by atomic mass is 9.96. The molecule has 1 aromatic carbocycles. The van der Waals surface area contributed by atoms with E-state index in [2.05, 4.69) is 23.5 Å². The molecular formula is C17H23NO2S. The average Bonchev–Trinajstić information content (AvgIpc) is 3.21. The number of rotatable bonds is 7. The number of hydrogen-bond donors (Lipinski definition) is 2. The number of carboxylic acid groups (broad SMARTS) is 1. The second-order valence-corrected chi connectivity index (χ2v) is 7.20. The number of fused-ring (bicyclic) bond motifs is 1. The van der Waals surface area contributed by atoms with Crippen LogP contribution < -0.4 is 5.32 Å². The number of carbonyl (C=O) groups is 1. The summed E-state index contributed by atoms with van der Waals surface area (Å²) in [6.45, 7) is 2.69. The molecule has 1 saturated carbocycles. The van der Waals surface area contributed by atoms with Gasteiger partial charge < -0.3 is 10.4 Å². The fourth-order valence-corrected chi connectivity index (χ4v) is 4.60. The van der Waals surface area contributed by atoms with Gasteiger partial charge in [0.15, 0.2) is 0 Å². The minimum absolute atomic E-state index is 0.289. The van der Waals surface area contributed by atoms with Crippen LogP contribution in [0.3, 0.4) is 0 Å². The molecule has 0 heterocycles. The lowest BCUT2D eigenvalue weighted by Gasteiger charge is -2.30. The first-order chi connectivity index (χ1) is 10.2. The molecule has 0 bridgehead atoms. The highest BCUT2D eigenvalue weighted by molar-refractivity contribution is 7.99. The van der Waals surface area contributed by atoms with E-state index in [1.54, 1.807) is 11.8 Å². The molecule has 2 aliphatic carbocycles. The number of likely N-dealkylation sites (N-methyl/N-ethyl adjacent to an activating group) is 1. The van der Waals surface area contributed by atoms with E-state index in [9.17, 15) is 9.90 Å². The molecular weight excluding hydrogens is 282 g/mol. The quantitative estimate of drug-likeness (QED) is 0.760. The Labute approximate surface area is 130 Å². The summed E-state index contributed by atoms with van der Waals surface area (Å²) < 4.78 is 0.